The minimum Gasteiger partial charge on any atom is -0.344 e. The Morgan fingerprint density at radius 1 is 1.37 bits per heavy atom. The number of hydrogen-bond acceptors (Lipinski definition) is 4. The average molecular weight is 263 g/mol. The molecule has 104 valence electrons. The molecule has 2 saturated carbocycles. The van der Waals surface area contributed by atoms with Gasteiger partial charge in [-0.05, 0) is 44.9 Å². The van der Waals surface area contributed by atoms with Crippen molar-refractivity contribution in [2.45, 2.75) is 57.9 Å². The third-order valence-electron chi connectivity index (χ3n) is 4.54. The highest BCUT2D eigenvalue weighted by atomic mass is 16.5. The summed E-state index contributed by atoms with van der Waals surface area (Å²) in [6.45, 7) is 5.28. The molecule has 1 N–H and O–H groups in total. The number of hydrogen-bond donors (Lipinski definition) is 1. The van der Waals surface area contributed by atoms with Crippen LogP contribution in [0.5, 0.6) is 0 Å². The van der Waals surface area contributed by atoms with Crippen molar-refractivity contribution in [3.8, 4) is 0 Å². The van der Waals surface area contributed by atoms with Gasteiger partial charge in [-0.25, -0.2) is 0 Å². The number of fused-ring (bicyclic) bond motifs is 2. The zero-order chi connectivity index (χ0) is 13.6. The van der Waals surface area contributed by atoms with Crippen LogP contribution in [-0.4, -0.2) is 16.0 Å². The number of amides is 1. The fourth-order valence-corrected chi connectivity index (χ4v) is 3.68. The first-order valence-corrected chi connectivity index (χ1v) is 7.08. The molecule has 1 heterocycles. The molecule has 0 radical (unpaired) electrons. The highest BCUT2D eigenvalue weighted by Gasteiger charge is 2.43. The molecule has 2 fully saturated rings. The van der Waals surface area contributed by atoms with Crippen LogP contribution in [0.25, 0.3) is 0 Å². The van der Waals surface area contributed by atoms with E-state index in [1.165, 1.54) is 32.6 Å². The average Bonchev–Trinajstić information content (AvgIpc) is 3.03. The molecule has 0 aromatic carbocycles. The van der Waals surface area contributed by atoms with Crippen molar-refractivity contribution in [3.05, 3.63) is 11.7 Å². The Hall–Kier alpha value is -1.39. The Morgan fingerprint density at radius 2 is 2.16 bits per heavy atom. The van der Waals surface area contributed by atoms with Crippen molar-refractivity contribution in [2.75, 3.05) is 0 Å². The fourth-order valence-electron chi connectivity index (χ4n) is 3.68. The summed E-state index contributed by atoms with van der Waals surface area (Å²) in [5, 5.41) is 6.92. The van der Waals surface area contributed by atoms with E-state index < -0.39 is 5.54 Å². The number of nitrogens with zero attached hydrogens (tertiary/aromatic N) is 2. The summed E-state index contributed by atoms with van der Waals surface area (Å²) in [4.78, 5) is 15.7. The Balaban J connectivity index is 1.78. The van der Waals surface area contributed by atoms with Crippen LogP contribution < -0.4 is 5.32 Å². The van der Waals surface area contributed by atoms with E-state index >= 15 is 0 Å². The van der Waals surface area contributed by atoms with Gasteiger partial charge in [0, 0.05) is 12.8 Å². The van der Waals surface area contributed by atoms with Crippen LogP contribution in [0.3, 0.4) is 0 Å². The molecule has 0 unspecified atom stereocenters. The summed E-state index contributed by atoms with van der Waals surface area (Å²) in [7, 11) is 0. The molecule has 1 aromatic rings. The molecule has 5 heteroatoms. The Labute approximate surface area is 113 Å². The largest absolute Gasteiger partial charge is 0.344 e. The summed E-state index contributed by atoms with van der Waals surface area (Å²) in [5.74, 6) is 3.27. The van der Waals surface area contributed by atoms with E-state index in [-0.39, 0.29) is 5.91 Å². The van der Waals surface area contributed by atoms with Crippen LogP contribution in [0.15, 0.2) is 4.52 Å². The molecule has 3 rings (SSSR count). The second-order valence-electron chi connectivity index (χ2n) is 6.54. The van der Waals surface area contributed by atoms with Gasteiger partial charge < -0.3 is 9.84 Å². The number of carbonyl (C=O) groups excluding carboxylic acids is 1. The monoisotopic (exact) mass is 263 g/mol. The van der Waals surface area contributed by atoms with Gasteiger partial charge in [-0.15, -0.1) is 0 Å². The van der Waals surface area contributed by atoms with Crippen molar-refractivity contribution >= 4 is 5.91 Å². The maximum Gasteiger partial charge on any atom is 0.230 e. The molecule has 19 heavy (non-hydrogen) atoms. The lowest BCUT2D eigenvalue weighted by molar-refractivity contribution is -0.120. The van der Waals surface area contributed by atoms with Gasteiger partial charge in [0.05, 0.1) is 5.54 Å². The van der Waals surface area contributed by atoms with E-state index in [1.54, 1.807) is 0 Å². The molecule has 3 atom stereocenters. The van der Waals surface area contributed by atoms with E-state index in [0.717, 1.165) is 17.7 Å². The highest BCUT2D eigenvalue weighted by Crippen LogP contribution is 2.52. The van der Waals surface area contributed by atoms with Gasteiger partial charge in [-0.3, -0.25) is 4.79 Å². The van der Waals surface area contributed by atoms with E-state index in [4.69, 9.17) is 4.52 Å². The Morgan fingerprint density at radius 3 is 2.74 bits per heavy atom. The van der Waals surface area contributed by atoms with E-state index in [2.05, 4.69) is 15.5 Å². The lowest BCUT2D eigenvalue weighted by atomic mass is 9.89. The van der Waals surface area contributed by atoms with E-state index in [9.17, 15) is 4.79 Å². The number of nitrogens with one attached hydrogen (secondary N) is 1. The standard InChI is InChI=1S/C14H21N3O2/c1-8(18)16-14(2,3)13-15-12(19-17-13)11-7-9-4-5-10(11)6-9/h9-11H,4-7H2,1-3H3,(H,16,18)/t9-,10+,11-/m0/s1. The highest BCUT2D eigenvalue weighted by molar-refractivity contribution is 5.73. The van der Waals surface area contributed by atoms with Gasteiger partial charge in [-0.1, -0.05) is 11.6 Å². The van der Waals surface area contributed by atoms with Crippen LogP contribution in [0.2, 0.25) is 0 Å². The normalized spacial score (nSPS) is 29.7. The van der Waals surface area contributed by atoms with Gasteiger partial charge in [0.2, 0.25) is 11.8 Å². The van der Waals surface area contributed by atoms with Gasteiger partial charge in [-0.2, -0.15) is 4.98 Å². The van der Waals surface area contributed by atoms with Gasteiger partial charge in [0.25, 0.3) is 0 Å². The first kappa shape index (κ1) is 12.6. The smallest absolute Gasteiger partial charge is 0.230 e. The summed E-state index contributed by atoms with van der Waals surface area (Å²) in [6, 6.07) is 0. The summed E-state index contributed by atoms with van der Waals surface area (Å²) >= 11 is 0. The summed E-state index contributed by atoms with van der Waals surface area (Å²) < 4.78 is 5.46. The second-order valence-corrected chi connectivity index (χ2v) is 6.54. The molecule has 5 nitrogen and oxygen atoms in total. The molecule has 2 aliphatic carbocycles. The molecule has 1 aromatic heterocycles. The first-order valence-electron chi connectivity index (χ1n) is 7.08. The fraction of sp³-hybridized carbons (Fsp3) is 0.786. The SMILES string of the molecule is CC(=O)NC(C)(C)c1noc([C@H]2C[C@H]3CC[C@@H]2C3)n1. The Kier molecular flexibility index (Phi) is 2.87. The minimum atomic E-state index is -0.578. The second kappa shape index (κ2) is 4.32. The molecule has 1 amide bonds. The predicted molar refractivity (Wildman–Crippen MR) is 69.3 cm³/mol. The lowest BCUT2D eigenvalue weighted by Crippen LogP contribution is -2.40. The third kappa shape index (κ3) is 2.26. The first-order chi connectivity index (χ1) is 8.95. The molecule has 2 bridgehead atoms. The van der Waals surface area contributed by atoms with Crippen molar-refractivity contribution in [1.29, 1.82) is 0 Å². The van der Waals surface area contributed by atoms with Gasteiger partial charge in [0.15, 0.2) is 5.82 Å². The van der Waals surface area contributed by atoms with Crippen LogP contribution in [-0.2, 0) is 10.3 Å². The number of rotatable bonds is 3. The van der Waals surface area contributed by atoms with Crippen molar-refractivity contribution in [3.63, 3.8) is 0 Å². The van der Waals surface area contributed by atoms with Crippen LogP contribution >= 0.6 is 0 Å². The molecule has 0 spiro atoms. The Bertz CT molecular complexity index is 495. The summed E-state index contributed by atoms with van der Waals surface area (Å²) in [5.41, 5.74) is -0.578. The maximum absolute atomic E-state index is 11.2. The number of aromatic nitrogens is 2. The third-order valence-corrected chi connectivity index (χ3v) is 4.54. The van der Waals surface area contributed by atoms with Gasteiger partial charge in [0.1, 0.15) is 0 Å². The van der Waals surface area contributed by atoms with Crippen LogP contribution in [0, 0.1) is 11.8 Å². The minimum absolute atomic E-state index is 0.0868. The molecule has 0 aliphatic heterocycles. The van der Waals surface area contributed by atoms with Crippen LogP contribution in [0.1, 0.15) is 64.1 Å². The maximum atomic E-state index is 11.2. The van der Waals surface area contributed by atoms with Crippen molar-refractivity contribution < 1.29 is 9.32 Å². The molecule has 0 saturated heterocycles. The van der Waals surface area contributed by atoms with E-state index in [0.29, 0.717) is 11.7 Å². The molecule has 2 aliphatic rings. The quantitative estimate of drug-likeness (QED) is 0.909. The van der Waals surface area contributed by atoms with Crippen LogP contribution in [0.4, 0.5) is 0 Å². The number of carbonyl (C=O) groups is 1. The van der Waals surface area contributed by atoms with Crippen molar-refractivity contribution in [1.82, 2.24) is 15.5 Å². The topological polar surface area (TPSA) is 68.0 Å². The molecular formula is C14H21N3O2. The van der Waals surface area contributed by atoms with Crippen molar-refractivity contribution in [2.24, 2.45) is 11.8 Å². The predicted octanol–water partition coefficient (Wildman–Crippen LogP) is 2.34. The lowest BCUT2D eigenvalue weighted by Gasteiger charge is -2.21. The summed E-state index contributed by atoms with van der Waals surface area (Å²) in [6.07, 6.45) is 5.16. The zero-order valence-electron chi connectivity index (χ0n) is 11.8. The zero-order valence-corrected chi connectivity index (χ0v) is 11.8. The van der Waals surface area contributed by atoms with E-state index in [1.807, 2.05) is 13.8 Å². The molecular weight excluding hydrogens is 242 g/mol. The van der Waals surface area contributed by atoms with Gasteiger partial charge >= 0.3 is 0 Å².